The van der Waals surface area contributed by atoms with Crippen molar-refractivity contribution in [2.45, 2.75) is 19.4 Å². The minimum absolute atomic E-state index is 0.0594. The third-order valence-electron chi connectivity index (χ3n) is 2.33. The van der Waals surface area contributed by atoms with Gasteiger partial charge in [0.15, 0.2) is 0 Å². The molecule has 0 aliphatic carbocycles. The second-order valence-corrected chi connectivity index (χ2v) is 3.68. The molecule has 0 aromatic heterocycles. The van der Waals surface area contributed by atoms with Crippen molar-refractivity contribution >= 4 is 5.91 Å². The van der Waals surface area contributed by atoms with Crippen LogP contribution in [0.3, 0.4) is 0 Å². The van der Waals surface area contributed by atoms with E-state index in [1.807, 2.05) is 0 Å². The van der Waals surface area contributed by atoms with E-state index in [1.165, 1.54) is 0 Å². The molecule has 1 aliphatic rings. The van der Waals surface area contributed by atoms with Crippen molar-refractivity contribution in [3.63, 3.8) is 0 Å². The van der Waals surface area contributed by atoms with Gasteiger partial charge in [-0.05, 0) is 13.5 Å². The Bertz CT molecular complexity index is 172. The van der Waals surface area contributed by atoms with Gasteiger partial charge in [0, 0.05) is 39.1 Å². The largest absolute Gasteiger partial charge is 0.356 e. The highest BCUT2D eigenvalue weighted by Crippen LogP contribution is 1.99. The number of hydrogen-bond acceptors (Lipinski definition) is 3. The van der Waals surface area contributed by atoms with Gasteiger partial charge in [0.25, 0.3) is 0 Å². The van der Waals surface area contributed by atoms with Crippen molar-refractivity contribution in [2.24, 2.45) is 0 Å². The van der Waals surface area contributed by atoms with Gasteiger partial charge < -0.3 is 15.5 Å². The van der Waals surface area contributed by atoms with Crippen LogP contribution in [0.25, 0.3) is 0 Å². The SMILES string of the molecule is CC(=O)NCCC1CN(C)CCN1. The fourth-order valence-corrected chi connectivity index (χ4v) is 1.61. The minimum Gasteiger partial charge on any atom is -0.356 e. The van der Waals surface area contributed by atoms with Gasteiger partial charge in [-0.3, -0.25) is 4.79 Å². The summed E-state index contributed by atoms with van der Waals surface area (Å²) < 4.78 is 0. The first kappa shape index (κ1) is 10.5. The average Bonchev–Trinajstić information content (AvgIpc) is 2.03. The van der Waals surface area contributed by atoms with E-state index in [4.69, 9.17) is 0 Å². The number of rotatable bonds is 3. The zero-order valence-corrected chi connectivity index (χ0v) is 8.47. The second kappa shape index (κ2) is 5.19. The molecule has 1 aliphatic heterocycles. The Morgan fingerprint density at radius 3 is 3.08 bits per heavy atom. The summed E-state index contributed by atoms with van der Waals surface area (Å²) in [5.74, 6) is 0.0594. The van der Waals surface area contributed by atoms with E-state index in [1.54, 1.807) is 6.92 Å². The Labute approximate surface area is 79.7 Å². The van der Waals surface area contributed by atoms with Crippen LogP contribution >= 0.6 is 0 Å². The Kier molecular flexibility index (Phi) is 4.18. The van der Waals surface area contributed by atoms with E-state index in [2.05, 4.69) is 22.6 Å². The van der Waals surface area contributed by atoms with E-state index in [0.717, 1.165) is 32.6 Å². The molecule has 13 heavy (non-hydrogen) atoms. The van der Waals surface area contributed by atoms with E-state index in [9.17, 15) is 4.79 Å². The van der Waals surface area contributed by atoms with E-state index >= 15 is 0 Å². The zero-order valence-electron chi connectivity index (χ0n) is 8.47. The second-order valence-electron chi connectivity index (χ2n) is 3.68. The molecule has 1 rings (SSSR count). The van der Waals surface area contributed by atoms with Gasteiger partial charge >= 0.3 is 0 Å². The van der Waals surface area contributed by atoms with Crippen LogP contribution in [-0.4, -0.2) is 50.1 Å². The number of hydrogen-bond donors (Lipinski definition) is 2. The van der Waals surface area contributed by atoms with Crippen molar-refractivity contribution in [3.8, 4) is 0 Å². The molecule has 1 heterocycles. The molecule has 0 aromatic carbocycles. The number of nitrogens with zero attached hydrogens (tertiary/aromatic N) is 1. The van der Waals surface area contributed by atoms with E-state index < -0.39 is 0 Å². The molecule has 1 amide bonds. The van der Waals surface area contributed by atoms with Gasteiger partial charge in [-0.25, -0.2) is 0 Å². The smallest absolute Gasteiger partial charge is 0.216 e. The summed E-state index contributed by atoms with van der Waals surface area (Å²) in [6.07, 6.45) is 1.02. The van der Waals surface area contributed by atoms with Crippen LogP contribution in [-0.2, 0) is 4.79 Å². The van der Waals surface area contributed by atoms with E-state index in [-0.39, 0.29) is 5.91 Å². The molecule has 2 N–H and O–H groups in total. The Hall–Kier alpha value is -0.610. The van der Waals surface area contributed by atoms with Gasteiger partial charge in [0.05, 0.1) is 0 Å². The highest BCUT2D eigenvalue weighted by Gasteiger charge is 2.15. The standard InChI is InChI=1S/C9H19N3O/c1-8(13)10-4-3-9-7-12(2)6-5-11-9/h9,11H,3-7H2,1-2H3,(H,10,13). The van der Waals surface area contributed by atoms with Crippen LogP contribution in [0.15, 0.2) is 0 Å². The molecule has 0 aromatic rings. The van der Waals surface area contributed by atoms with Crippen molar-refractivity contribution < 1.29 is 4.79 Å². The lowest BCUT2D eigenvalue weighted by molar-refractivity contribution is -0.118. The molecule has 0 radical (unpaired) electrons. The first-order chi connectivity index (χ1) is 6.18. The first-order valence-electron chi connectivity index (χ1n) is 4.85. The molecule has 0 bridgehead atoms. The van der Waals surface area contributed by atoms with E-state index in [0.29, 0.717) is 6.04 Å². The van der Waals surface area contributed by atoms with Crippen LogP contribution in [0.2, 0.25) is 0 Å². The summed E-state index contributed by atoms with van der Waals surface area (Å²) in [7, 11) is 2.13. The monoisotopic (exact) mass is 185 g/mol. The maximum atomic E-state index is 10.6. The molecular weight excluding hydrogens is 166 g/mol. The fraction of sp³-hybridized carbons (Fsp3) is 0.889. The predicted octanol–water partition coefficient (Wildman–Crippen LogP) is -0.584. The summed E-state index contributed by atoms with van der Waals surface area (Å²) >= 11 is 0. The zero-order chi connectivity index (χ0) is 9.68. The lowest BCUT2D eigenvalue weighted by Crippen LogP contribution is -2.49. The molecule has 1 atom stereocenters. The lowest BCUT2D eigenvalue weighted by atomic mass is 10.1. The highest BCUT2D eigenvalue weighted by molar-refractivity contribution is 5.72. The third kappa shape index (κ3) is 4.24. The van der Waals surface area contributed by atoms with Crippen LogP contribution in [0.5, 0.6) is 0 Å². The maximum Gasteiger partial charge on any atom is 0.216 e. The molecule has 1 unspecified atom stereocenters. The molecule has 0 spiro atoms. The summed E-state index contributed by atoms with van der Waals surface area (Å²) in [5.41, 5.74) is 0. The van der Waals surface area contributed by atoms with Gasteiger partial charge in [-0.1, -0.05) is 0 Å². The molecule has 1 fully saturated rings. The fourth-order valence-electron chi connectivity index (χ4n) is 1.61. The third-order valence-corrected chi connectivity index (χ3v) is 2.33. The van der Waals surface area contributed by atoms with Crippen LogP contribution in [0.4, 0.5) is 0 Å². The van der Waals surface area contributed by atoms with Crippen molar-refractivity contribution in [3.05, 3.63) is 0 Å². The summed E-state index contributed by atoms with van der Waals surface area (Å²) in [6, 6.07) is 0.533. The van der Waals surface area contributed by atoms with Gasteiger partial charge in [0.2, 0.25) is 5.91 Å². The first-order valence-corrected chi connectivity index (χ1v) is 4.85. The summed E-state index contributed by atoms with van der Waals surface area (Å²) in [5, 5.41) is 6.24. The molecule has 0 saturated carbocycles. The summed E-state index contributed by atoms with van der Waals surface area (Å²) in [4.78, 5) is 12.9. The number of piperazine rings is 1. The lowest BCUT2D eigenvalue weighted by Gasteiger charge is -2.30. The molecule has 1 saturated heterocycles. The molecule has 76 valence electrons. The Morgan fingerprint density at radius 2 is 2.46 bits per heavy atom. The maximum absolute atomic E-state index is 10.6. The minimum atomic E-state index is 0.0594. The molecule has 4 nitrogen and oxygen atoms in total. The highest BCUT2D eigenvalue weighted by atomic mass is 16.1. The number of carbonyl (C=O) groups is 1. The number of likely N-dealkylation sites (N-methyl/N-ethyl adjacent to an activating group) is 1. The Morgan fingerprint density at radius 1 is 1.69 bits per heavy atom. The quantitative estimate of drug-likeness (QED) is 0.618. The number of carbonyl (C=O) groups excluding carboxylic acids is 1. The molecule has 4 heteroatoms. The molecular formula is C9H19N3O. The predicted molar refractivity (Wildman–Crippen MR) is 52.6 cm³/mol. The van der Waals surface area contributed by atoms with Crippen LogP contribution in [0.1, 0.15) is 13.3 Å². The van der Waals surface area contributed by atoms with Crippen molar-refractivity contribution in [2.75, 3.05) is 33.2 Å². The van der Waals surface area contributed by atoms with Crippen molar-refractivity contribution in [1.82, 2.24) is 15.5 Å². The summed E-state index contributed by atoms with van der Waals surface area (Å²) in [6.45, 7) is 5.60. The van der Waals surface area contributed by atoms with Gasteiger partial charge in [-0.2, -0.15) is 0 Å². The van der Waals surface area contributed by atoms with Crippen molar-refractivity contribution in [1.29, 1.82) is 0 Å². The van der Waals surface area contributed by atoms with Gasteiger partial charge in [-0.15, -0.1) is 0 Å². The average molecular weight is 185 g/mol. The topological polar surface area (TPSA) is 44.4 Å². The van der Waals surface area contributed by atoms with Crippen LogP contribution < -0.4 is 10.6 Å². The van der Waals surface area contributed by atoms with Crippen LogP contribution in [0, 0.1) is 0 Å². The normalized spacial score (nSPS) is 24.3. The number of amides is 1. The number of nitrogens with one attached hydrogen (secondary N) is 2. The Balaban J connectivity index is 2.10. The van der Waals surface area contributed by atoms with Gasteiger partial charge in [0.1, 0.15) is 0 Å².